The molecule has 0 radical (unpaired) electrons. The highest BCUT2D eigenvalue weighted by atomic mass is 32.2. The second kappa shape index (κ2) is 16.6. The van der Waals surface area contributed by atoms with Crippen molar-refractivity contribution in [2.75, 3.05) is 13.7 Å². The second-order valence-electron chi connectivity index (χ2n) is 18.3. The maximum Gasteiger partial charge on any atom is 0.405 e. The van der Waals surface area contributed by atoms with Crippen LogP contribution in [0.1, 0.15) is 109 Å². The minimum Gasteiger partial charge on any atom is -0.497 e. The Morgan fingerprint density at radius 2 is 1.80 bits per heavy atom. The number of sulfonamides is 1. The number of unbranched alkanes of at least 4 members (excludes halogenated alkanes) is 2. The van der Waals surface area contributed by atoms with Crippen LogP contribution in [0.2, 0.25) is 0 Å². The number of benzene rings is 1. The van der Waals surface area contributed by atoms with Gasteiger partial charge >= 0.3 is 6.09 Å². The molecular formula is C41H64F2N6O9S. The number of carbonyl (C=O) groups is 4. The van der Waals surface area contributed by atoms with Gasteiger partial charge in [-0.25, -0.2) is 32.0 Å². The van der Waals surface area contributed by atoms with Crippen LogP contribution in [0, 0.1) is 29.1 Å². The van der Waals surface area contributed by atoms with Crippen molar-refractivity contribution < 1.29 is 55.2 Å². The third-order valence-corrected chi connectivity index (χ3v) is 15.0. The van der Waals surface area contributed by atoms with Gasteiger partial charge in [0.1, 0.15) is 35.2 Å². The fourth-order valence-corrected chi connectivity index (χ4v) is 9.69. The molecular weight excluding hydrogens is 791 g/mol. The minimum atomic E-state index is -4.26. The van der Waals surface area contributed by atoms with E-state index >= 15 is 0 Å². The zero-order chi connectivity index (χ0) is 43.2. The lowest BCUT2D eigenvalue weighted by atomic mass is 9.85. The van der Waals surface area contributed by atoms with Crippen LogP contribution in [0.15, 0.2) is 18.2 Å². The number of halogens is 2. The van der Waals surface area contributed by atoms with E-state index in [-0.39, 0.29) is 36.0 Å². The Bertz CT molecular complexity index is 2080. The number of aromatic nitrogens is 2. The highest BCUT2D eigenvalue weighted by Crippen LogP contribution is 2.50. The molecule has 3 aliphatic carbocycles. The van der Waals surface area contributed by atoms with Crippen LogP contribution >= 0.6 is 0 Å². The van der Waals surface area contributed by atoms with Gasteiger partial charge in [0.05, 0.1) is 35.4 Å². The van der Waals surface area contributed by atoms with E-state index in [1.807, 2.05) is 4.72 Å². The van der Waals surface area contributed by atoms with Crippen molar-refractivity contribution in [3.8, 4) is 11.6 Å². The van der Waals surface area contributed by atoms with E-state index in [4.69, 9.17) is 19.4 Å². The minimum absolute atomic E-state index is 0. The summed E-state index contributed by atoms with van der Waals surface area (Å²) in [5.74, 6) is -3.26. The lowest BCUT2D eigenvalue weighted by Gasteiger charge is -2.35. The van der Waals surface area contributed by atoms with Crippen molar-refractivity contribution in [3.05, 3.63) is 23.9 Å². The van der Waals surface area contributed by atoms with Crippen molar-refractivity contribution in [1.29, 1.82) is 0 Å². The van der Waals surface area contributed by atoms with E-state index in [9.17, 15) is 41.5 Å². The maximum atomic E-state index is 14.6. The number of amides is 4. The predicted octanol–water partition coefficient (Wildman–Crippen LogP) is 5.94. The second-order valence-corrected chi connectivity index (χ2v) is 20.5. The van der Waals surface area contributed by atoms with Crippen LogP contribution in [-0.4, -0.2) is 101 Å². The number of rotatable bonds is 18. The molecule has 1 saturated heterocycles. The third-order valence-electron chi connectivity index (χ3n) is 12.8. The monoisotopic (exact) mass is 854 g/mol. The molecule has 4 N–H and O–H groups in total. The van der Waals surface area contributed by atoms with Gasteiger partial charge in [-0.2, -0.15) is 0 Å². The SMILES string of the molecule is CC[C@@H]1[C@@H](Oc2nc3cc(OC)ccc3nc2CCCCC[C@@H]2C[C@@H]2C)CN(C(=O)[C@@H](NC(=O)O)C(C)(C)C)[C@@H]1C(=O)N[C@]1(C(=O)NS(=O)(=O)C2(C)CC2)C[C@H]1C(F)F.[HH].[HH].[HH]. The Balaban J connectivity index is 0.00000341. The molecule has 4 fully saturated rings. The van der Waals surface area contributed by atoms with Gasteiger partial charge < -0.3 is 30.1 Å². The Hall–Kier alpha value is -4.35. The van der Waals surface area contributed by atoms with Crippen LogP contribution in [-0.2, 0) is 30.8 Å². The summed E-state index contributed by atoms with van der Waals surface area (Å²) in [4.78, 5) is 65.7. The van der Waals surface area contributed by atoms with Crippen LogP contribution in [0.5, 0.6) is 11.6 Å². The molecule has 3 saturated carbocycles. The molecule has 0 bridgehead atoms. The fourth-order valence-electron chi connectivity index (χ4n) is 8.38. The smallest absolute Gasteiger partial charge is 0.405 e. The van der Waals surface area contributed by atoms with E-state index in [1.54, 1.807) is 45.9 Å². The van der Waals surface area contributed by atoms with Crippen molar-refractivity contribution >= 4 is 44.9 Å². The Morgan fingerprint density at radius 1 is 1.10 bits per heavy atom. The topological polar surface area (TPSA) is 206 Å². The van der Waals surface area contributed by atoms with Gasteiger partial charge in [-0.1, -0.05) is 53.9 Å². The van der Waals surface area contributed by atoms with Crippen molar-refractivity contribution in [2.24, 2.45) is 29.1 Å². The van der Waals surface area contributed by atoms with Crippen LogP contribution < -0.4 is 24.8 Å². The summed E-state index contributed by atoms with van der Waals surface area (Å²) < 4.78 is 67.5. The molecule has 18 heteroatoms. The number of hydrogen-bond acceptors (Lipinski definition) is 10. The molecule has 1 aromatic heterocycles. The number of fused-ring (bicyclic) bond motifs is 1. The maximum absolute atomic E-state index is 14.6. The van der Waals surface area contributed by atoms with Gasteiger partial charge in [0, 0.05) is 16.3 Å². The van der Waals surface area contributed by atoms with E-state index < -0.39 is 92.4 Å². The average molecular weight is 855 g/mol. The van der Waals surface area contributed by atoms with Crippen molar-refractivity contribution in [3.63, 3.8) is 0 Å². The molecule has 4 amide bonds. The number of hydrogen-bond donors (Lipinski definition) is 4. The summed E-state index contributed by atoms with van der Waals surface area (Å²) in [6.45, 7) is 10.2. The van der Waals surface area contributed by atoms with Gasteiger partial charge in [-0.05, 0) is 81.3 Å². The normalized spacial score (nSPS) is 27.5. The molecule has 0 unspecified atom stereocenters. The first kappa shape index (κ1) is 44.2. The number of likely N-dealkylation sites (tertiary alicyclic amines) is 1. The third kappa shape index (κ3) is 9.36. The molecule has 1 aromatic carbocycles. The van der Waals surface area contributed by atoms with E-state index in [0.29, 0.717) is 28.9 Å². The Kier molecular flexibility index (Phi) is 12.4. The van der Waals surface area contributed by atoms with Gasteiger partial charge in [-0.3, -0.25) is 19.1 Å². The van der Waals surface area contributed by atoms with Gasteiger partial charge in [0.2, 0.25) is 34.1 Å². The lowest BCUT2D eigenvalue weighted by Crippen LogP contribution is -2.61. The first-order chi connectivity index (χ1) is 27.6. The lowest BCUT2D eigenvalue weighted by molar-refractivity contribution is -0.143. The average Bonchev–Trinajstić information content (AvgIpc) is 4.12. The van der Waals surface area contributed by atoms with Crippen LogP contribution in [0.4, 0.5) is 13.6 Å². The number of carboxylic acid groups (broad SMARTS) is 1. The summed E-state index contributed by atoms with van der Waals surface area (Å²) in [5, 5.41) is 14.5. The number of nitrogens with zero attached hydrogens (tertiary/aromatic N) is 3. The van der Waals surface area contributed by atoms with E-state index in [1.165, 1.54) is 31.8 Å². The molecule has 2 heterocycles. The quantitative estimate of drug-likeness (QED) is 0.129. The number of ether oxygens (including phenoxy) is 2. The molecule has 15 nitrogen and oxygen atoms in total. The summed E-state index contributed by atoms with van der Waals surface area (Å²) in [6, 6.07) is 2.48. The van der Waals surface area contributed by atoms with Crippen molar-refractivity contribution in [1.82, 2.24) is 30.2 Å². The molecule has 6 rings (SSSR count). The van der Waals surface area contributed by atoms with Gasteiger partial charge in [0.25, 0.3) is 5.91 Å². The Morgan fingerprint density at radius 3 is 2.36 bits per heavy atom. The number of aryl methyl sites for hydroxylation is 1. The highest BCUT2D eigenvalue weighted by molar-refractivity contribution is 7.91. The van der Waals surface area contributed by atoms with E-state index in [0.717, 1.165) is 31.1 Å². The molecule has 332 valence electrons. The Labute approximate surface area is 348 Å². The molecule has 8 atom stereocenters. The summed E-state index contributed by atoms with van der Waals surface area (Å²) >= 11 is 0. The van der Waals surface area contributed by atoms with Crippen LogP contribution in [0.3, 0.4) is 0 Å². The molecule has 0 spiro atoms. The number of nitrogens with one attached hydrogen (secondary N) is 3. The fraction of sp³-hybridized carbons (Fsp3) is 0.707. The molecule has 1 aliphatic heterocycles. The standard InChI is InChI=1S/C41H58F2N6O9S.3H2/c1-8-25-30(58-35-28(13-11-9-10-12-23-18-22(23)2)44-27-15-14-24(57-7)19-29(27)45-35)21-49(36(51)32(39(3,4)5)46-38(53)54)31(25)34(50)47-41(20-26(41)33(42)43)37(52)48-59(55,56)40(6)16-17-40;;;/h14-15,19,22-23,25-26,30-33,46H,8-13,16-18,20-21H2,1-7H3,(H,47,50)(H,48,52)(H,53,54);3*1H/t22-,23+,25+,26-,30-,31-,32+,41+;;;/m0.../s1. The predicted molar refractivity (Wildman–Crippen MR) is 220 cm³/mol. The van der Waals surface area contributed by atoms with Crippen molar-refractivity contribution in [2.45, 2.75) is 141 Å². The van der Waals surface area contributed by atoms with Gasteiger partial charge in [-0.15, -0.1) is 0 Å². The van der Waals surface area contributed by atoms with E-state index in [2.05, 4.69) is 17.6 Å². The largest absolute Gasteiger partial charge is 0.497 e. The summed E-state index contributed by atoms with van der Waals surface area (Å²) in [6.07, 6.45) is 0.584. The van der Waals surface area contributed by atoms with Gasteiger partial charge in [0.15, 0.2) is 0 Å². The first-order valence-corrected chi connectivity index (χ1v) is 22.1. The summed E-state index contributed by atoms with van der Waals surface area (Å²) in [5.41, 5.74) is -1.60. The number of carbonyl (C=O) groups excluding carboxylic acids is 3. The first-order valence-electron chi connectivity index (χ1n) is 20.6. The van der Waals surface area contributed by atoms with Crippen LogP contribution in [0.25, 0.3) is 11.0 Å². The molecule has 2 aromatic rings. The number of methoxy groups -OCH3 is 1. The highest BCUT2D eigenvalue weighted by Gasteiger charge is 2.67. The summed E-state index contributed by atoms with van der Waals surface area (Å²) in [7, 11) is -2.73. The molecule has 59 heavy (non-hydrogen) atoms. The zero-order valence-corrected chi connectivity index (χ0v) is 35.7. The zero-order valence-electron chi connectivity index (χ0n) is 34.8. The number of alkyl halides is 2. The molecule has 4 aliphatic rings.